The molecule has 2 fully saturated rings. The molecule has 2 aliphatic rings. The number of carboxylic acid groups (broad SMARTS) is 2. The van der Waals surface area contributed by atoms with Crippen LogP contribution >= 0.6 is 0 Å². The zero-order valence-corrected chi connectivity index (χ0v) is 22.2. The van der Waals surface area contributed by atoms with Gasteiger partial charge in [0.1, 0.15) is 6.04 Å². The molecule has 0 radical (unpaired) electrons. The van der Waals surface area contributed by atoms with E-state index in [2.05, 4.69) is 10.0 Å². The van der Waals surface area contributed by atoms with Gasteiger partial charge in [0.2, 0.25) is 21.8 Å². The lowest BCUT2D eigenvalue weighted by molar-refractivity contribution is -0.140. The number of carboxylic acids is 2. The van der Waals surface area contributed by atoms with Crippen molar-refractivity contribution < 1.29 is 37.8 Å². The van der Waals surface area contributed by atoms with E-state index in [1.807, 2.05) is 0 Å². The summed E-state index contributed by atoms with van der Waals surface area (Å²) < 4.78 is 28.7. The summed E-state index contributed by atoms with van der Waals surface area (Å²) in [6, 6.07) is 3.03. The van der Waals surface area contributed by atoms with Crippen LogP contribution in [0.4, 0.5) is 0 Å². The summed E-state index contributed by atoms with van der Waals surface area (Å²) >= 11 is 0. The fourth-order valence-electron chi connectivity index (χ4n) is 4.55. The second-order valence-corrected chi connectivity index (χ2v) is 11.4. The number of aromatic carboxylic acids is 1. The predicted octanol–water partition coefficient (Wildman–Crippen LogP) is -0.391. The van der Waals surface area contributed by atoms with Gasteiger partial charge in [0.05, 0.1) is 23.3 Å². The fraction of sp³-hybridized carbons (Fsp3) is 0.542. The van der Waals surface area contributed by atoms with Gasteiger partial charge < -0.3 is 31.1 Å². The Kier molecular flexibility index (Phi) is 9.86. The van der Waals surface area contributed by atoms with E-state index in [-0.39, 0.29) is 37.4 Å². The summed E-state index contributed by atoms with van der Waals surface area (Å²) in [5, 5.41) is 28.9. The molecule has 214 valence electrons. The summed E-state index contributed by atoms with van der Waals surface area (Å²) in [7, 11) is -4.57. The predicted molar refractivity (Wildman–Crippen MR) is 138 cm³/mol. The molecular weight excluding hydrogens is 532 g/mol. The van der Waals surface area contributed by atoms with Crippen LogP contribution in [0.15, 0.2) is 29.2 Å². The van der Waals surface area contributed by atoms with E-state index in [4.69, 9.17) is 16.2 Å². The number of carbonyl (C=O) groups is 4. The number of nitrogens with zero attached hydrogens (tertiary/aromatic N) is 2. The van der Waals surface area contributed by atoms with Gasteiger partial charge in [-0.05, 0) is 43.7 Å². The quantitative estimate of drug-likeness (QED) is 0.134. The Morgan fingerprint density at radius 1 is 1.15 bits per heavy atom. The number of amides is 2. The first kappa shape index (κ1) is 29.8. The topological polar surface area (TPSA) is 223 Å². The average molecular weight is 567 g/mol. The van der Waals surface area contributed by atoms with E-state index >= 15 is 0 Å². The molecular formula is C24H34N6O8S. The van der Waals surface area contributed by atoms with Gasteiger partial charge in [0, 0.05) is 32.2 Å². The molecule has 3 rings (SSSR count). The van der Waals surface area contributed by atoms with Crippen molar-refractivity contribution in [2.45, 2.75) is 55.5 Å². The summed E-state index contributed by atoms with van der Waals surface area (Å²) in [6.07, 6.45) is 1.87. The van der Waals surface area contributed by atoms with Crippen LogP contribution in [0, 0.1) is 11.3 Å². The van der Waals surface area contributed by atoms with Crippen molar-refractivity contribution in [1.82, 2.24) is 19.8 Å². The molecule has 0 bridgehead atoms. The zero-order chi connectivity index (χ0) is 28.7. The summed E-state index contributed by atoms with van der Waals surface area (Å²) in [5.41, 5.74) is 5.06. The molecule has 1 aliphatic heterocycles. The summed E-state index contributed by atoms with van der Waals surface area (Å²) in [4.78, 5) is 51.5. The van der Waals surface area contributed by atoms with Crippen molar-refractivity contribution in [2.24, 2.45) is 11.7 Å². The molecule has 7 N–H and O–H groups in total. The largest absolute Gasteiger partial charge is 0.481 e. The van der Waals surface area contributed by atoms with E-state index in [1.54, 1.807) is 4.90 Å². The number of aliphatic carboxylic acids is 1. The molecule has 0 spiro atoms. The molecule has 2 atom stereocenters. The smallest absolute Gasteiger partial charge is 0.337 e. The maximum Gasteiger partial charge on any atom is 0.337 e. The third-order valence-corrected chi connectivity index (χ3v) is 8.21. The van der Waals surface area contributed by atoms with Crippen molar-refractivity contribution in [3.8, 4) is 0 Å². The van der Waals surface area contributed by atoms with E-state index in [1.165, 1.54) is 17.0 Å². The first-order valence-electron chi connectivity index (χ1n) is 12.6. The van der Waals surface area contributed by atoms with Crippen LogP contribution in [0.25, 0.3) is 0 Å². The first-order valence-corrected chi connectivity index (χ1v) is 14.1. The highest BCUT2D eigenvalue weighted by Gasteiger charge is 2.39. The number of nitrogens with one attached hydrogen (secondary N) is 3. The lowest BCUT2D eigenvalue weighted by atomic mass is 9.98. The highest BCUT2D eigenvalue weighted by molar-refractivity contribution is 7.89. The van der Waals surface area contributed by atoms with Crippen LogP contribution in [-0.4, -0.2) is 96.4 Å². The molecule has 0 aromatic heterocycles. The van der Waals surface area contributed by atoms with E-state index in [0.29, 0.717) is 25.9 Å². The summed E-state index contributed by atoms with van der Waals surface area (Å²) in [5.74, 6) is -4.05. The van der Waals surface area contributed by atoms with Gasteiger partial charge in [-0.2, -0.15) is 4.72 Å². The Morgan fingerprint density at radius 3 is 2.46 bits per heavy atom. The number of rotatable bonds is 13. The Morgan fingerprint density at radius 2 is 1.85 bits per heavy atom. The molecule has 14 nitrogen and oxygen atoms in total. The van der Waals surface area contributed by atoms with Crippen molar-refractivity contribution in [1.29, 1.82) is 5.41 Å². The van der Waals surface area contributed by atoms with E-state index < -0.39 is 56.7 Å². The van der Waals surface area contributed by atoms with Crippen LogP contribution in [0.3, 0.4) is 0 Å². The third kappa shape index (κ3) is 8.38. The molecule has 1 saturated heterocycles. The number of piperidine rings is 1. The number of benzene rings is 1. The minimum atomic E-state index is -4.57. The van der Waals surface area contributed by atoms with Gasteiger partial charge >= 0.3 is 11.9 Å². The van der Waals surface area contributed by atoms with Gasteiger partial charge in [0.15, 0.2) is 5.96 Å². The second-order valence-electron chi connectivity index (χ2n) is 9.73. The highest BCUT2D eigenvalue weighted by Crippen LogP contribution is 2.28. The molecule has 1 aromatic rings. The van der Waals surface area contributed by atoms with Gasteiger partial charge in [-0.15, -0.1) is 0 Å². The molecule has 39 heavy (non-hydrogen) atoms. The van der Waals surface area contributed by atoms with Crippen LogP contribution < -0.4 is 15.8 Å². The Bertz CT molecular complexity index is 1220. The number of guanidine groups is 1. The molecule has 15 heteroatoms. The molecule has 1 saturated carbocycles. The average Bonchev–Trinajstić information content (AvgIpc) is 3.72. The monoisotopic (exact) mass is 566 g/mol. The van der Waals surface area contributed by atoms with Crippen molar-refractivity contribution in [2.75, 3.05) is 26.2 Å². The Labute approximate surface area is 226 Å². The molecule has 1 heterocycles. The maximum atomic E-state index is 13.5. The number of nitrogens with two attached hydrogens (primary N) is 1. The molecule has 0 unspecified atom stereocenters. The van der Waals surface area contributed by atoms with Gasteiger partial charge in [-0.3, -0.25) is 19.8 Å². The molecule has 1 aliphatic carbocycles. The normalized spacial score (nSPS) is 18.2. The lowest BCUT2D eigenvalue weighted by Gasteiger charge is -2.33. The molecule has 1 aromatic carbocycles. The van der Waals surface area contributed by atoms with Crippen LogP contribution in [0.1, 0.15) is 48.9 Å². The first-order chi connectivity index (χ1) is 18.4. The standard InChI is InChI=1S/C24H34N6O8S/c25-24(26)29-10-3-4-15(14-29)13-27-20(31)12-18(22(34)30(16-7-8-16)11-9-21(32)33)28-39(37,38)19-6-2-1-5-17(19)23(35)36/h1-2,5-6,15-16,18,28H,3-4,7-14H2,(H3,25,26)(H,27,31)(H,32,33)(H,35,36)/t15-,18-/m0/s1. The van der Waals surface area contributed by atoms with Gasteiger partial charge in [0.25, 0.3) is 0 Å². The molecule has 2 amide bonds. The van der Waals surface area contributed by atoms with Gasteiger partial charge in [-0.1, -0.05) is 12.1 Å². The maximum absolute atomic E-state index is 13.5. The van der Waals surface area contributed by atoms with Crippen LogP contribution in [0.2, 0.25) is 0 Å². The van der Waals surface area contributed by atoms with E-state index in [0.717, 1.165) is 25.0 Å². The minimum absolute atomic E-state index is 0.00147. The fourth-order valence-corrected chi connectivity index (χ4v) is 5.94. The number of likely N-dealkylation sites (tertiary alicyclic amines) is 1. The lowest BCUT2D eigenvalue weighted by Crippen LogP contribution is -2.52. The number of sulfonamides is 1. The second kappa shape index (κ2) is 12.9. The SMILES string of the molecule is N=C(N)N1CCC[C@@H](CNC(=O)C[C@H](NS(=O)(=O)c2ccccc2C(=O)O)C(=O)N(CCC(=O)O)C2CC2)C1. The van der Waals surface area contributed by atoms with Crippen molar-refractivity contribution in [3.05, 3.63) is 29.8 Å². The number of hydrogen-bond donors (Lipinski definition) is 6. The van der Waals surface area contributed by atoms with Crippen molar-refractivity contribution in [3.63, 3.8) is 0 Å². The number of carbonyl (C=O) groups excluding carboxylic acids is 2. The van der Waals surface area contributed by atoms with Crippen LogP contribution in [-0.2, 0) is 24.4 Å². The Balaban J connectivity index is 1.79. The number of hydrogen-bond acceptors (Lipinski definition) is 7. The van der Waals surface area contributed by atoms with Crippen LogP contribution in [0.5, 0.6) is 0 Å². The van der Waals surface area contributed by atoms with E-state index in [9.17, 15) is 32.7 Å². The third-order valence-electron chi connectivity index (χ3n) is 6.68. The minimum Gasteiger partial charge on any atom is -0.481 e. The summed E-state index contributed by atoms with van der Waals surface area (Å²) in [6.45, 7) is 1.18. The van der Waals surface area contributed by atoms with Crippen molar-refractivity contribution >= 4 is 39.7 Å². The highest BCUT2D eigenvalue weighted by atomic mass is 32.2. The van der Waals surface area contributed by atoms with Gasteiger partial charge in [-0.25, -0.2) is 13.2 Å². The Hall–Kier alpha value is -3.72. The zero-order valence-electron chi connectivity index (χ0n) is 21.3.